The molecule has 7 nitrogen and oxygen atoms in total. The quantitative estimate of drug-likeness (QED) is 0.771. The Morgan fingerprint density at radius 2 is 2.15 bits per heavy atom. The lowest BCUT2D eigenvalue weighted by molar-refractivity contribution is 0.144. The molecule has 2 N–H and O–H groups in total. The van der Waals surface area contributed by atoms with Gasteiger partial charge in [0.15, 0.2) is 12.0 Å². The van der Waals surface area contributed by atoms with Gasteiger partial charge in [-0.05, 0) is 34.8 Å². The molecular formula is C17H23ClN4O3S. The highest BCUT2D eigenvalue weighted by molar-refractivity contribution is 8.52. The normalized spacial score (nSPS) is 30.3. The maximum Gasteiger partial charge on any atom is 0.319 e. The first-order valence-corrected chi connectivity index (χ1v) is 10.6. The lowest BCUT2D eigenvalue weighted by Crippen LogP contribution is -2.44. The minimum atomic E-state index is -2.07. The molecule has 0 aliphatic carbocycles. The van der Waals surface area contributed by atoms with Gasteiger partial charge < -0.3 is 19.5 Å². The second-order valence-corrected chi connectivity index (χ2v) is 9.80. The molecule has 1 aromatic carbocycles. The fourth-order valence-electron chi connectivity index (χ4n) is 2.84. The summed E-state index contributed by atoms with van der Waals surface area (Å²) in [4.78, 5) is 13.4. The predicted molar refractivity (Wildman–Crippen MR) is 106 cm³/mol. The van der Waals surface area contributed by atoms with Gasteiger partial charge in [-0.25, -0.2) is 4.79 Å². The van der Waals surface area contributed by atoms with E-state index in [1.165, 1.54) is 4.90 Å². The summed E-state index contributed by atoms with van der Waals surface area (Å²) < 4.78 is 6.40. The van der Waals surface area contributed by atoms with Crippen LogP contribution in [0, 0.1) is 5.92 Å². The van der Waals surface area contributed by atoms with Crippen molar-refractivity contribution in [1.82, 2.24) is 10.2 Å². The molecule has 2 amide bonds. The Morgan fingerprint density at radius 3 is 2.77 bits per heavy atom. The van der Waals surface area contributed by atoms with E-state index in [1.54, 1.807) is 24.7 Å². The number of urea groups is 1. The minimum Gasteiger partial charge on any atom is -0.437 e. The van der Waals surface area contributed by atoms with Gasteiger partial charge in [0.05, 0.1) is 5.02 Å². The van der Waals surface area contributed by atoms with E-state index < -0.39 is 22.6 Å². The van der Waals surface area contributed by atoms with Crippen LogP contribution < -0.4 is 9.50 Å². The van der Waals surface area contributed by atoms with E-state index in [0.717, 1.165) is 6.42 Å². The zero-order valence-electron chi connectivity index (χ0n) is 14.9. The van der Waals surface area contributed by atoms with Crippen molar-refractivity contribution in [3.05, 3.63) is 29.3 Å². The van der Waals surface area contributed by atoms with E-state index in [-0.39, 0.29) is 6.03 Å². The van der Waals surface area contributed by atoms with Crippen LogP contribution in [0.5, 0.6) is 5.75 Å². The third-order valence-electron chi connectivity index (χ3n) is 4.36. The molecule has 0 saturated carbocycles. The zero-order valence-corrected chi connectivity index (χ0v) is 16.5. The first-order valence-electron chi connectivity index (χ1n) is 8.41. The molecule has 0 spiro atoms. The van der Waals surface area contributed by atoms with Gasteiger partial charge in [0.2, 0.25) is 0 Å². The molecule has 0 aromatic heterocycles. The number of carbonyl (C=O) groups is 1. The number of halogens is 1. The summed E-state index contributed by atoms with van der Waals surface area (Å²) in [6, 6.07) is 6.26. The molecule has 3 rings (SSSR count). The molecule has 9 heteroatoms. The summed E-state index contributed by atoms with van der Waals surface area (Å²) in [5.74, 6) is 1.68. The predicted octanol–water partition coefficient (Wildman–Crippen LogP) is 3.18. The number of nitrogens with zero attached hydrogens (tertiary/aromatic N) is 3. The molecule has 0 radical (unpaired) electrons. The van der Waals surface area contributed by atoms with Gasteiger partial charge in [-0.2, -0.15) is 0 Å². The van der Waals surface area contributed by atoms with Crippen LogP contribution in [0.15, 0.2) is 34.5 Å². The highest BCUT2D eigenvalue weighted by atomic mass is 35.5. The lowest BCUT2D eigenvalue weighted by atomic mass is 10.2. The molecule has 2 heterocycles. The van der Waals surface area contributed by atoms with Crippen LogP contribution in [0.25, 0.3) is 0 Å². The highest BCUT2D eigenvalue weighted by Gasteiger charge is 2.48. The second-order valence-electron chi connectivity index (χ2n) is 6.74. The van der Waals surface area contributed by atoms with E-state index in [0.29, 0.717) is 27.5 Å². The van der Waals surface area contributed by atoms with Crippen molar-refractivity contribution in [3.63, 3.8) is 0 Å². The van der Waals surface area contributed by atoms with Crippen molar-refractivity contribution in [1.29, 1.82) is 0 Å². The maximum atomic E-state index is 11.9. The van der Waals surface area contributed by atoms with Crippen LogP contribution in [-0.2, 0) is 0 Å². The minimum absolute atomic E-state index is 0.355. The Morgan fingerprint density at radius 1 is 1.42 bits per heavy atom. The van der Waals surface area contributed by atoms with E-state index in [4.69, 9.17) is 15.8 Å². The number of nitrogens with one attached hydrogen (secondary N) is 1. The van der Waals surface area contributed by atoms with Gasteiger partial charge in [0, 0.05) is 12.8 Å². The van der Waals surface area contributed by atoms with Gasteiger partial charge in [-0.15, -0.1) is 10.2 Å². The van der Waals surface area contributed by atoms with Crippen molar-refractivity contribution in [3.8, 4) is 5.75 Å². The Kier molecular flexibility index (Phi) is 5.45. The molecule has 0 bridgehead atoms. The number of hydrogen-bond acceptors (Lipinski definition) is 5. The monoisotopic (exact) mass is 398 g/mol. The van der Waals surface area contributed by atoms with Crippen molar-refractivity contribution in [2.75, 3.05) is 12.8 Å². The van der Waals surface area contributed by atoms with Gasteiger partial charge in [-0.3, -0.25) is 0 Å². The van der Waals surface area contributed by atoms with Gasteiger partial charge in [-0.1, -0.05) is 37.6 Å². The smallest absolute Gasteiger partial charge is 0.319 e. The van der Waals surface area contributed by atoms with Crippen molar-refractivity contribution in [2.24, 2.45) is 16.1 Å². The molecule has 26 heavy (non-hydrogen) atoms. The molecule has 142 valence electrons. The standard InChI is InChI=1S/C17H23ClN4O3S/c1-11(2)8-9-26(25-13-7-5-4-6-12(13)18)10-19-21-16(26)14-15(23)20-17(24)22(14)3/h4-7,10-11,14-15,23H,8-9H2,1-3H3,(H,20,24). The number of hydrogen-bond donors (Lipinski definition) is 2. The number of likely N-dealkylation sites (N-methyl/N-ethyl adjacent to an activating group) is 1. The first-order chi connectivity index (χ1) is 12.3. The summed E-state index contributed by atoms with van der Waals surface area (Å²) in [5.41, 5.74) is 1.72. The molecule has 1 aromatic rings. The summed E-state index contributed by atoms with van der Waals surface area (Å²) in [7, 11) is -0.441. The molecular weight excluding hydrogens is 376 g/mol. The summed E-state index contributed by atoms with van der Waals surface area (Å²) >= 11 is 6.29. The second kappa shape index (κ2) is 7.46. The highest BCUT2D eigenvalue weighted by Crippen LogP contribution is 2.54. The SMILES string of the molecule is CC(C)CCS1(Oc2ccccc2Cl)C=NN=C1C1C(O)NC(=O)N1C. The Bertz CT molecular complexity index is 757. The van der Waals surface area contributed by atoms with Crippen LogP contribution in [0.2, 0.25) is 5.02 Å². The topological polar surface area (TPSA) is 86.5 Å². The Balaban J connectivity index is 1.97. The largest absolute Gasteiger partial charge is 0.437 e. The summed E-state index contributed by atoms with van der Waals surface area (Å²) in [5, 5.41) is 22.3. The Labute approximate surface area is 159 Å². The summed E-state index contributed by atoms with van der Waals surface area (Å²) in [6.07, 6.45) is -0.174. The fraction of sp³-hybridized carbons (Fsp3) is 0.471. The van der Waals surface area contributed by atoms with Crippen LogP contribution in [-0.4, -0.2) is 51.7 Å². The molecule has 1 fully saturated rings. The number of benzene rings is 1. The molecule has 1 saturated heterocycles. The average molecular weight is 399 g/mol. The average Bonchev–Trinajstić information content (AvgIpc) is 3.09. The van der Waals surface area contributed by atoms with Crippen LogP contribution in [0.4, 0.5) is 4.79 Å². The third-order valence-corrected chi connectivity index (χ3v) is 7.46. The van der Waals surface area contributed by atoms with E-state index in [1.807, 2.05) is 12.1 Å². The zero-order chi connectivity index (χ0) is 18.9. The molecule has 3 unspecified atom stereocenters. The molecule has 2 aliphatic heterocycles. The Hall–Kier alpha value is -1.77. The fourth-order valence-corrected chi connectivity index (χ4v) is 6.06. The number of para-hydroxylation sites is 1. The van der Waals surface area contributed by atoms with E-state index in [9.17, 15) is 9.90 Å². The van der Waals surface area contributed by atoms with E-state index >= 15 is 0 Å². The van der Waals surface area contributed by atoms with Crippen LogP contribution in [0.1, 0.15) is 20.3 Å². The number of aliphatic hydroxyl groups is 1. The van der Waals surface area contributed by atoms with Gasteiger partial charge >= 0.3 is 6.03 Å². The lowest BCUT2D eigenvalue weighted by Gasteiger charge is -2.38. The summed E-state index contributed by atoms with van der Waals surface area (Å²) in [6.45, 7) is 4.26. The maximum absolute atomic E-state index is 11.9. The molecule has 2 aliphatic rings. The van der Waals surface area contributed by atoms with Crippen molar-refractivity contribution in [2.45, 2.75) is 32.5 Å². The first kappa shape index (κ1) is 19.0. The van der Waals surface area contributed by atoms with Crippen LogP contribution >= 0.6 is 21.9 Å². The van der Waals surface area contributed by atoms with E-state index in [2.05, 4.69) is 29.4 Å². The van der Waals surface area contributed by atoms with Crippen molar-refractivity contribution < 1.29 is 14.1 Å². The number of rotatable bonds is 6. The third kappa shape index (κ3) is 3.54. The number of aliphatic hydroxyl groups excluding tert-OH is 1. The number of amides is 2. The number of carbonyl (C=O) groups excluding carboxylic acids is 1. The van der Waals surface area contributed by atoms with Gasteiger partial charge in [0.25, 0.3) is 0 Å². The van der Waals surface area contributed by atoms with Crippen molar-refractivity contribution >= 4 is 38.5 Å². The van der Waals surface area contributed by atoms with Gasteiger partial charge in [0.1, 0.15) is 16.6 Å². The van der Waals surface area contributed by atoms with Crippen LogP contribution in [0.3, 0.4) is 0 Å². The molecule has 3 atom stereocenters.